The van der Waals surface area contributed by atoms with Gasteiger partial charge in [-0.1, -0.05) is 0 Å². The van der Waals surface area contributed by atoms with Crippen molar-refractivity contribution in [1.82, 2.24) is 29.5 Å². The number of ether oxygens (including phenoxy) is 2. The number of aromatic nitrogens is 6. The Balaban J connectivity index is 1.35. The topological polar surface area (TPSA) is 144 Å². The van der Waals surface area contributed by atoms with Crippen molar-refractivity contribution in [1.29, 1.82) is 0 Å². The lowest BCUT2D eigenvalue weighted by atomic mass is 10.00. The number of aliphatic hydroxyl groups excluding tert-OH is 1. The molecule has 3 aromatic heterocycles. The van der Waals surface area contributed by atoms with E-state index in [1.54, 1.807) is 24.9 Å². The summed E-state index contributed by atoms with van der Waals surface area (Å²) in [4.78, 5) is 23.9. The number of hydrogen-bond donors (Lipinski definition) is 3. The highest BCUT2D eigenvalue weighted by molar-refractivity contribution is 5.83. The molecule has 0 aromatic carbocycles. The lowest BCUT2D eigenvalue weighted by molar-refractivity contribution is -0.114. The van der Waals surface area contributed by atoms with Crippen LogP contribution in [0.1, 0.15) is 25.8 Å². The van der Waals surface area contributed by atoms with E-state index in [4.69, 9.17) is 9.47 Å². The Bertz CT molecular complexity index is 1140. The fourth-order valence-corrected chi connectivity index (χ4v) is 4.86. The molecule has 4 heterocycles. The summed E-state index contributed by atoms with van der Waals surface area (Å²) in [7, 11) is 3.12. The van der Waals surface area contributed by atoms with E-state index in [0.29, 0.717) is 29.3 Å². The third-order valence-electron chi connectivity index (χ3n) is 6.76. The van der Waals surface area contributed by atoms with Crippen molar-refractivity contribution in [3.05, 3.63) is 25.0 Å². The predicted molar refractivity (Wildman–Crippen MR) is 119 cm³/mol. The number of imidazole rings is 1. The molecule has 2 aliphatic rings. The van der Waals surface area contributed by atoms with E-state index >= 15 is 0 Å². The number of anilines is 2. The lowest BCUT2D eigenvalue weighted by Gasteiger charge is -2.28. The Hall–Kier alpha value is -3.09. The number of nitrogens with zero attached hydrogens (tertiary/aromatic N) is 7. The zero-order chi connectivity index (χ0) is 23.2. The van der Waals surface area contributed by atoms with E-state index in [9.17, 15) is 10.2 Å². The van der Waals surface area contributed by atoms with Crippen LogP contribution in [0.5, 0.6) is 5.88 Å². The van der Waals surface area contributed by atoms with Crippen LogP contribution < -0.4 is 15.0 Å². The van der Waals surface area contributed by atoms with Crippen LogP contribution in [-0.2, 0) is 4.74 Å². The molecule has 0 bridgehead atoms. The number of aliphatic hydroxyl groups is 2. The van der Waals surface area contributed by atoms with Gasteiger partial charge in [0, 0.05) is 32.3 Å². The van der Waals surface area contributed by atoms with Gasteiger partial charge in [-0.15, -0.1) is 0 Å². The maximum atomic E-state index is 10.8. The largest absolute Gasteiger partial charge is 0.481 e. The smallest absolute Gasteiger partial charge is 0.218 e. The van der Waals surface area contributed by atoms with E-state index in [1.807, 2.05) is 6.07 Å². The zero-order valence-electron chi connectivity index (χ0n) is 18.8. The molecule has 5 rings (SSSR count). The lowest BCUT2D eigenvalue weighted by Crippen LogP contribution is -2.45. The van der Waals surface area contributed by atoms with Gasteiger partial charge in [-0.2, -0.15) is 0 Å². The maximum absolute atomic E-state index is 10.8. The van der Waals surface area contributed by atoms with E-state index in [-0.39, 0.29) is 6.04 Å². The molecule has 3 aromatic rings. The molecule has 5 atom stereocenters. The van der Waals surface area contributed by atoms with Crippen molar-refractivity contribution in [2.75, 3.05) is 37.5 Å². The molecule has 2 fully saturated rings. The Labute approximate surface area is 190 Å². The second-order valence-electron chi connectivity index (χ2n) is 8.74. The standard InChI is InChI=1S/C21H28N8O4/c1-21(31)14(32-2)6-13(18(21)30)29-11-26-17-19(24-10-25-20(17)29)27-12-4-5-28(8-12)15-7-16(33-3)23-9-22-15/h7,9-14,18,30-31H,4-6,8H2,1-3H3,(H,24,25,27)/t12-,13+,14+,18-,21-/m0/s1. The summed E-state index contributed by atoms with van der Waals surface area (Å²) in [6.45, 7) is 3.17. The van der Waals surface area contributed by atoms with Crippen molar-refractivity contribution in [2.45, 2.75) is 49.7 Å². The summed E-state index contributed by atoms with van der Waals surface area (Å²) in [5.41, 5.74) is -0.145. The first-order valence-electron chi connectivity index (χ1n) is 10.9. The van der Waals surface area contributed by atoms with Crippen LogP contribution >= 0.6 is 0 Å². The van der Waals surface area contributed by atoms with Crippen molar-refractivity contribution >= 4 is 22.8 Å². The maximum Gasteiger partial charge on any atom is 0.218 e. The Kier molecular flexibility index (Phi) is 5.51. The van der Waals surface area contributed by atoms with Gasteiger partial charge < -0.3 is 34.5 Å². The average Bonchev–Trinajstić information content (AvgIpc) is 3.52. The monoisotopic (exact) mass is 456 g/mol. The fourth-order valence-electron chi connectivity index (χ4n) is 4.86. The van der Waals surface area contributed by atoms with Crippen LogP contribution in [0.2, 0.25) is 0 Å². The third kappa shape index (κ3) is 3.73. The minimum atomic E-state index is -1.36. The van der Waals surface area contributed by atoms with Crippen LogP contribution in [0.15, 0.2) is 25.0 Å². The number of rotatable bonds is 6. The van der Waals surface area contributed by atoms with Gasteiger partial charge in [0.25, 0.3) is 0 Å². The summed E-state index contributed by atoms with van der Waals surface area (Å²) in [5.74, 6) is 1.98. The highest BCUT2D eigenvalue weighted by atomic mass is 16.5. The quantitative estimate of drug-likeness (QED) is 0.474. The van der Waals surface area contributed by atoms with Gasteiger partial charge in [-0.25, -0.2) is 24.9 Å². The molecule has 33 heavy (non-hydrogen) atoms. The Morgan fingerprint density at radius 1 is 1.15 bits per heavy atom. The number of methoxy groups -OCH3 is 2. The summed E-state index contributed by atoms with van der Waals surface area (Å²) in [6, 6.07) is 1.56. The zero-order valence-corrected chi connectivity index (χ0v) is 18.8. The molecule has 1 aliphatic heterocycles. The number of hydrogen-bond acceptors (Lipinski definition) is 11. The van der Waals surface area contributed by atoms with Gasteiger partial charge >= 0.3 is 0 Å². The van der Waals surface area contributed by atoms with Crippen LogP contribution in [0.3, 0.4) is 0 Å². The Morgan fingerprint density at radius 3 is 2.73 bits per heavy atom. The second kappa shape index (κ2) is 8.36. The van der Waals surface area contributed by atoms with Crippen molar-refractivity contribution in [2.24, 2.45) is 0 Å². The molecule has 0 spiro atoms. The molecule has 1 aliphatic carbocycles. The number of fused-ring (bicyclic) bond motifs is 1. The minimum Gasteiger partial charge on any atom is -0.481 e. The van der Waals surface area contributed by atoms with Gasteiger partial charge in [-0.3, -0.25) is 0 Å². The summed E-state index contributed by atoms with van der Waals surface area (Å²) >= 11 is 0. The van der Waals surface area contributed by atoms with Crippen LogP contribution in [0, 0.1) is 0 Å². The van der Waals surface area contributed by atoms with Crippen molar-refractivity contribution in [3.8, 4) is 5.88 Å². The van der Waals surface area contributed by atoms with Crippen LogP contribution in [0.4, 0.5) is 11.6 Å². The van der Waals surface area contributed by atoms with Crippen LogP contribution in [0.25, 0.3) is 11.2 Å². The highest BCUT2D eigenvalue weighted by Gasteiger charge is 2.52. The molecule has 176 valence electrons. The van der Waals surface area contributed by atoms with Gasteiger partial charge in [0.1, 0.15) is 35.7 Å². The minimum absolute atomic E-state index is 0.143. The van der Waals surface area contributed by atoms with E-state index < -0.39 is 23.9 Å². The SMILES string of the molecule is COc1cc(N2CC[C@H](Nc3ncnc4c3ncn4[C@@H]3C[C@@H](OC)[C@](C)(O)[C@H]3O)C2)ncn1. The van der Waals surface area contributed by atoms with Crippen molar-refractivity contribution < 1.29 is 19.7 Å². The molecular weight excluding hydrogens is 428 g/mol. The Morgan fingerprint density at radius 2 is 1.97 bits per heavy atom. The molecule has 12 nitrogen and oxygen atoms in total. The summed E-state index contributed by atoms with van der Waals surface area (Å²) < 4.78 is 12.4. The van der Waals surface area contributed by atoms with E-state index in [2.05, 4.69) is 35.1 Å². The molecule has 3 N–H and O–H groups in total. The highest BCUT2D eigenvalue weighted by Crippen LogP contribution is 2.41. The summed E-state index contributed by atoms with van der Waals surface area (Å²) in [6.07, 6.45) is 4.47. The van der Waals surface area contributed by atoms with Gasteiger partial charge in [0.05, 0.1) is 25.6 Å². The fraction of sp³-hybridized carbons (Fsp3) is 0.571. The molecular formula is C21H28N8O4. The van der Waals surface area contributed by atoms with Gasteiger partial charge in [-0.05, 0) is 19.8 Å². The first-order valence-corrected chi connectivity index (χ1v) is 10.9. The van der Waals surface area contributed by atoms with E-state index in [0.717, 1.165) is 25.3 Å². The molecule has 12 heteroatoms. The second-order valence-corrected chi connectivity index (χ2v) is 8.74. The molecule has 1 saturated heterocycles. The van der Waals surface area contributed by atoms with E-state index in [1.165, 1.54) is 19.8 Å². The van der Waals surface area contributed by atoms with Crippen LogP contribution in [-0.4, -0.2) is 90.9 Å². The average molecular weight is 457 g/mol. The van der Waals surface area contributed by atoms with Gasteiger partial charge in [0.2, 0.25) is 5.88 Å². The normalized spacial score (nSPS) is 29.7. The molecule has 0 unspecified atom stereocenters. The predicted octanol–water partition coefficient (Wildman–Crippen LogP) is 0.387. The molecule has 1 saturated carbocycles. The van der Waals surface area contributed by atoms with Crippen molar-refractivity contribution in [3.63, 3.8) is 0 Å². The van der Waals surface area contributed by atoms with Gasteiger partial charge in [0.15, 0.2) is 11.5 Å². The third-order valence-corrected chi connectivity index (χ3v) is 6.76. The first kappa shape index (κ1) is 21.7. The molecule has 0 radical (unpaired) electrons. The molecule has 0 amide bonds. The summed E-state index contributed by atoms with van der Waals surface area (Å²) in [5, 5.41) is 24.9. The first-order chi connectivity index (χ1) is 15.9. The number of nitrogens with one attached hydrogen (secondary N) is 1.